The molecule has 0 bridgehead atoms. The average molecular weight is 508 g/mol. The van der Waals surface area contributed by atoms with Crippen LogP contribution in [0.3, 0.4) is 0 Å². The predicted octanol–water partition coefficient (Wildman–Crippen LogP) is 3.49. The van der Waals surface area contributed by atoms with Crippen LogP contribution in [0.15, 0.2) is 64.5 Å². The van der Waals surface area contributed by atoms with Gasteiger partial charge in [-0.3, -0.25) is 0 Å². The second kappa shape index (κ2) is 11.4. The molecule has 0 saturated carbocycles. The van der Waals surface area contributed by atoms with Gasteiger partial charge in [-0.1, -0.05) is 48.0 Å². The third-order valence-electron chi connectivity index (χ3n) is 3.48. The summed E-state index contributed by atoms with van der Waals surface area (Å²) in [5.74, 6) is 0.554. The number of benzene rings is 2. The van der Waals surface area contributed by atoms with E-state index in [-0.39, 0.29) is 36.3 Å². The van der Waals surface area contributed by atoms with E-state index in [0.29, 0.717) is 29.0 Å². The summed E-state index contributed by atoms with van der Waals surface area (Å²) >= 11 is 6.13. The number of halogens is 2. The zero-order valence-electron chi connectivity index (χ0n) is 14.5. The van der Waals surface area contributed by atoms with E-state index >= 15 is 0 Å². The molecule has 0 spiro atoms. The van der Waals surface area contributed by atoms with E-state index in [0.717, 1.165) is 5.56 Å². The van der Waals surface area contributed by atoms with Crippen LogP contribution in [0.1, 0.15) is 12.5 Å². The van der Waals surface area contributed by atoms with E-state index in [2.05, 4.69) is 15.6 Å². The van der Waals surface area contributed by atoms with E-state index in [4.69, 9.17) is 11.6 Å². The fourth-order valence-corrected chi connectivity index (χ4v) is 3.56. The van der Waals surface area contributed by atoms with Crippen molar-refractivity contribution < 1.29 is 8.42 Å². The summed E-state index contributed by atoms with van der Waals surface area (Å²) in [6.07, 6.45) is 0. The predicted molar refractivity (Wildman–Crippen MR) is 118 cm³/mol. The summed E-state index contributed by atoms with van der Waals surface area (Å²) < 4.78 is 24.6. The molecule has 0 radical (unpaired) electrons. The Labute approximate surface area is 177 Å². The van der Waals surface area contributed by atoms with Crippen molar-refractivity contribution in [3.63, 3.8) is 0 Å². The van der Waals surface area contributed by atoms with Crippen molar-refractivity contribution in [3.05, 3.63) is 65.2 Å². The fourth-order valence-electron chi connectivity index (χ4n) is 2.18. The Bertz CT molecular complexity index is 814. The van der Waals surface area contributed by atoms with Gasteiger partial charge in [-0.25, -0.2) is 13.4 Å². The summed E-state index contributed by atoms with van der Waals surface area (Å²) in [6, 6.07) is 15.9. The molecule has 26 heavy (non-hydrogen) atoms. The topological polar surface area (TPSA) is 70.6 Å². The zero-order chi connectivity index (χ0) is 18.1. The first-order valence-corrected chi connectivity index (χ1v) is 10.1. The number of nitrogens with one attached hydrogen (secondary N) is 2. The molecule has 0 aliphatic heterocycles. The van der Waals surface area contributed by atoms with Crippen LogP contribution < -0.4 is 10.6 Å². The quantitative estimate of drug-likeness (QED) is 0.342. The number of hydrogen-bond acceptors (Lipinski definition) is 3. The van der Waals surface area contributed by atoms with Gasteiger partial charge in [0.2, 0.25) is 0 Å². The lowest BCUT2D eigenvalue weighted by Crippen LogP contribution is -2.39. The molecule has 5 nitrogen and oxygen atoms in total. The minimum absolute atomic E-state index is 0. The van der Waals surface area contributed by atoms with Gasteiger partial charge in [0.25, 0.3) is 0 Å². The van der Waals surface area contributed by atoms with Gasteiger partial charge in [0.05, 0.1) is 17.2 Å². The number of nitrogens with zero attached hydrogens (tertiary/aromatic N) is 1. The molecule has 0 heterocycles. The monoisotopic (exact) mass is 507 g/mol. The molecule has 2 aromatic rings. The standard InChI is InChI=1S/C18H22ClN3O2S.HI/c1-2-20-18(22-14-15-8-6-7-11-17(15)19)21-12-13-25(23,24)16-9-4-3-5-10-16;/h3-11H,2,12-14H2,1H3,(H2,20,21,22);1H. The van der Waals surface area contributed by atoms with Crippen molar-refractivity contribution in [3.8, 4) is 0 Å². The maximum Gasteiger partial charge on any atom is 0.191 e. The maximum absolute atomic E-state index is 12.3. The molecule has 0 aromatic heterocycles. The maximum atomic E-state index is 12.3. The Morgan fingerprint density at radius 3 is 2.35 bits per heavy atom. The highest BCUT2D eigenvalue weighted by atomic mass is 127. The van der Waals surface area contributed by atoms with Crippen molar-refractivity contribution in [2.45, 2.75) is 18.4 Å². The highest BCUT2D eigenvalue weighted by Crippen LogP contribution is 2.15. The van der Waals surface area contributed by atoms with E-state index in [1.54, 1.807) is 30.3 Å². The van der Waals surface area contributed by atoms with E-state index < -0.39 is 9.84 Å². The Kier molecular flexibility index (Phi) is 9.97. The largest absolute Gasteiger partial charge is 0.357 e. The molecule has 142 valence electrons. The first-order chi connectivity index (χ1) is 12.0. The van der Waals surface area contributed by atoms with Gasteiger partial charge in [-0.05, 0) is 30.7 Å². The second-order valence-corrected chi connectivity index (χ2v) is 7.86. The normalized spacial score (nSPS) is 11.5. The number of rotatable bonds is 7. The van der Waals surface area contributed by atoms with Gasteiger partial charge in [-0.2, -0.15) is 0 Å². The Balaban J connectivity index is 0.00000338. The summed E-state index contributed by atoms with van der Waals surface area (Å²) in [7, 11) is -3.31. The lowest BCUT2D eigenvalue weighted by molar-refractivity contribution is 0.594. The van der Waals surface area contributed by atoms with Gasteiger partial charge in [0, 0.05) is 18.1 Å². The zero-order valence-corrected chi connectivity index (χ0v) is 18.4. The van der Waals surface area contributed by atoms with Crippen LogP contribution in [0.5, 0.6) is 0 Å². The Morgan fingerprint density at radius 2 is 1.69 bits per heavy atom. The molecule has 0 fully saturated rings. The summed E-state index contributed by atoms with van der Waals surface area (Å²) in [4.78, 5) is 4.78. The smallest absolute Gasteiger partial charge is 0.191 e. The molecule has 0 aliphatic carbocycles. The SMILES string of the molecule is CCNC(=NCc1ccccc1Cl)NCCS(=O)(=O)c1ccccc1.I. The third-order valence-corrected chi connectivity index (χ3v) is 5.58. The van der Waals surface area contributed by atoms with Gasteiger partial charge < -0.3 is 10.6 Å². The summed E-state index contributed by atoms with van der Waals surface area (Å²) in [5, 5.41) is 6.81. The van der Waals surface area contributed by atoms with E-state index in [1.165, 1.54) is 0 Å². The molecule has 8 heteroatoms. The molecule has 0 saturated heterocycles. The van der Waals surface area contributed by atoms with Crippen LogP contribution in [0, 0.1) is 0 Å². The minimum Gasteiger partial charge on any atom is -0.357 e. The van der Waals surface area contributed by atoms with Crippen LogP contribution in [-0.4, -0.2) is 33.2 Å². The number of hydrogen-bond donors (Lipinski definition) is 2. The molecule has 0 amide bonds. The van der Waals surface area contributed by atoms with Gasteiger partial charge >= 0.3 is 0 Å². The van der Waals surface area contributed by atoms with Crippen molar-refractivity contribution in [1.29, 1.82) is 0 Å². The number of aliphatic imine (C=N–C) groups is 1. The van der Waals surface area contributed by atoms with Crippen molar-refractivity contribution >= 4 is 51.4 Å². The highest BCUT2D eigenvalue weighted by molar-refractivity contribution is 14.0. The molecule has 0 atom stereocenters. The van der Waals surface area contributed by atoms with Crippen LogP contribution in [-0.2, 0) is 16.4 Å². The lowest BCUT2D eigenvalue weighted by atomic mass is 10.2. The first kappa shape index (κ1) is 22.7. The molecule has 2 aromatic carbocycles. The van der Waals surface area contributed by atoms with Gasteiger partial charge in [0.1, 0.15) is 0 Å². The number of guanidine groups is 1. The second-order valence-electron chi connectivity index (χ2n) is 5.35. The Hall–Kier alpha value is -1.32. The van der Waals surface area contributed by atoms with Crippen molar-refractivity contribution in [2.75, 3.05) is 18.8 Å². The van der Waals surface area contributed by atoms with Crippen LogP contribution in [0.4, 0.5) is 0 Å². The molecule has 2 N–H and O–H groups in total. The molecular weight excluding hydrogens is 485 g/mol. The van der Waals surface area contributed by atoms with Crippen LogP contribution in [0.25, 0.3) is 0 Å². The molecule has 0 unspecified atom stereocenters. The molecule has 2 rings (SSSR count). The summed E-state index contributed by atoms with van der Waals surface area (Å²) in [5.41, 5.74) is 0.915. The van der Waals surface area contributed by atoms with Crippen LogP contribution >= 0.6 is 35.6 Å². The van der Waals surface area contributed by atoms with Crippen LogP contribution in [0.2, 0.25) is 5.02 Å². The highest BCUT2D eigenvalue weighted by Gasteiger charge is 2.13. The van der Waals surface area contributed by atoms with Gasteiger partial charge in [-0.15, -0.1) is 24.0 Å². The lowest BCUT2D eigenvalue weighted by Gasteiger charge is -2.12. The van der Waals surface area contributed by atoms with E-state index in [9.17, 15) is 8.42 Å². The Morgan fingerprint density at radius 1 is 1.04 bits per heavy atom. The third kappa shape index (κ3) is 7.13. The molecule has 0 aliphatic rings. The average Bonchev–Trinajstić information content (AvgIpc) is 2.61. The first-order valence-electron chi connectivity index (χ1n) is 8.06. The van der Waals surface area contributed by atoms with Crippen molar-refractivity contribution in [2.24, 2.45) is 4.99 Å². The van der Waals surface area contributed by atoms with Gasteiger partial charge in [0.15, 0.2) is 15.8 Å². The van der Waals surface area contributed by atoms with Crippen molar-refractivity contribution in [1.82, 2.24) is 10.6 Å². The molecular formula is C18H23ClIN3O2S. The minimum atomic E-state index is -3.31. The number of sulfone groups is 1. The van der Waals surface area contributed by atoms with E-state index in [1.807, 2.05) is 31.2 Å². The fraction of sp³-hybridized carbons (Fsp3) is 0.278. The summed E-state index contributed by atoms with van der Waals surface area (Å²) in [6.45, 7) is 3.32.